The maximum Gasteiger partial charge on any atom is 0.431 e. The van der Waals surface area contributed by atoms with Crippen molar-refractivity contribution < 1.29 is 27.5 Å². The predicted octanol–water partition coefficient (Wildman–Crippen LogP) is 5.31. The molecule has 3 rings (SSSR count). The van der Waals surface area contributed by atoms with Crippen LogP contribution in [0.15, 0.2) is 18.2 Å². The fourth-order valence-electron chi connectivity index (χ4n) is 2.99. The van der Waals surface area contributed by atoms with E-state index in [-0.39, 0.29) is 21.7 Å². The summed E-state index contributed by atoms with van der Waals surface area (Å²) in [5, 5.41) is 9.57. The van der Waals surface area contributed by atoms with Crippen LogP contribution in [0.2, 0.25) is 5.02 Å². The number of aromatic nitrogens is 1. The van der Waals surface area contributed by atoms with Gasteiger partial charge < -0.3 is 9.67 Å². The van der Waals surface area contributed by atoms with Crippen LogP contribution in [0.25, 0.3) is 11.1 Å². The van der Waals surface area contributed by atoms with Gasteiger partial charge in [-0.25, -0.2) is 9.18 Å². The number of alkyl halides is 3. The summed E-state index contributed by atoms with van der Waals surface area (Å²) in [5.74, 6) is -2.39. The Morgan fingerprint density at radius 2 is 1.96 bits per heavy atom. The lowest BCUT2D eigenvalue weighted by atomic mass is 10.00. The molecule has 1 aliphatic rings. The summed E-state index contributed by atoms with van der Waals surface area (Å²) in [7, 11) is 0. The Labute approximate surface area is 139 Å². The summed E-state index contributed by atoms with van der Waals surface area (Å²) in [6, 6.07) is 2.93. The van der Waals surface area contributed by atoms with E-state index in [4.69, 9.17) is 11.6 Å². The molecule has 0 aliphatic heterocycles. The molecule has 0 unspecified atom stereocenters. The fourth-order valence-corrected chi connectivity index (χ4v) is 3.15. The fraction of sp³-hybridized carbons (Fsp3) is 0.312. The first-order valence-corrected chi connectivity index (χ1v) is 7.51. The average Bonchev–Trinajstić information content (AvgIpc) is 3.21. The number of hydrogen-bond donors (Lipinski definition) is 1. The number of carbonyl (C=O) groups is 1. The quantitative estimate of drug-likeness (QED) is 0.753. The first kappa shape index (κ1) is 16.8. The molecule has 0 atom stereocenters. The molecular formula is C16H12ClF4NO2. The summed E-state index contributed by atoms with van der Waals surface area (Å²) >= 11 is 5.67. The van der Waals surface area contributed by atoms with E-state index in [1.54, 1.807) is 0 Å². The maximum atomic E-state index is 14.2. The van der Waals surface area contributed by atoms with Crippen molar-refractivity contribution in [3.8, 4) is 11.1 Å². The zero-order valence-corrected chi connectivity index (χ0v) is 13.2. The second-order valence-corrected chi connectivity index (χ2v) is 6.16. The minimum absolute atomic E-state index is 0.0726. The van der Waals surface area contributed by atoms with Crippen molar-refractivity contribution in [2.24, 2.45) is 0 Å². The second kappa shape index (κ2) is 5.51. The zero-order valence-electron chi connectivity index (χ0n) is 12.4. The van der Waals surface area contributed by atoms with Gasteiger partial charge in [-0.2, -0.15) is 13.2 Å². The van der Waals surface area contributed by atoms with Gasteiger partial charge in [-0.05, 0) is 43.5 Å². The van der Waals surface area contributed by atoms with Crippen LogP contribution in [0.4, 0.5) is 17.6 Å². The largest absolute Gasteiger partial charge is 0.477 e. The highest BCUT2D eigenvalue weighted by molar-refractivity contribution is 6.30. The molecule has 1 heterocycles. The van der Waals surface area contributed by atoms with Crippen LogP contribution in [0, 0.1) is 12.7 Å². The zero-order chi connectivity index (χ0) is 17.8. The van der Waals surface area contributed by atoms with Crippen molar-refractivity contribution in [3.63, 3.8) is 0 Å². The third-order valence-electron chi connectivity index (χ3n) is 4.03. The third-order valence-corrected chi connectivity index (χ3v) is 4.27. The highest BCUT2D eigenvalue weighted by atomic mass is 35.5. The Kier molecular flexibility index (Phi) is 3.86. The number of halogens is 5. The Hall–Kier alpha value is -2.02. The Morgan fingerprint density at radius 1 is 1.33 bits per heavy atom. The van der Waals surface area contributed by atoms with Crippen LogP contribution in [0.5, 0.6) is 0 Å². The average molecular weight is 362 g/mol. The molecule has 0 radical (unpaired) electrons. The first-order chi connectivity index (χ1) is 11.1. The molecule has 0 bridgehead atoms. The number of nitrogens with zero attached hydrogens (tertiary/aromatic N) is 1. The lowest BCUT2D eigenvalue weighted by Gasteiger charge is -2.13. The highest BCUT2D eigenvalue weighted by Crippen LogP contribution is 2.48. The highest BCUT2D eigenvalue weighted by Gasteiger charge is 2.45. The van der Waals surface area contributed by atoms with Gasteiger partial charge in [0.2, 0.25) is 0 Å². The van der Waals surface area contributed by atoms with Crippen LogP contribution in [-0.2, 0) is 6.18 Å². The Bertz CT molecular complexity index is 838. The Balaban J connectivity index is 2.39. The summed E-state index contributed by atoms with van der Waals surface area (Å²) in [4.78, 5) is 11.7. The van der Waals surface area contributed by atoms with Crippen molar-refractivity contribution in [1.29, 1.82) is 0 Å². The van der Waals surface area contributed by atoms with Crippen molar-refractivity contribution in [2.45, 2.75) is 32.0 Å². The van der Waals surface area contributed by atoms with Crippen LogP contribution < -0.4 is 0 Å². The molecule has 1 saturated carbocycles. The minimum Gasteiger partial charge on any atom is -0.477 e. The van der Waals surface area contributed by atoms with Gasteiger partial charge in [0.15, 0.2) is 0 Å². The van der Waals surface area contributed by atoms with E-state index < -0.39 is 35.4 Å². The molecule has 8 heteroatoms. The van der Waals surface area contributed by atoms with E-state index in [1.807, 2.05) is 0 Å². The van der Waals surface area contributed by atoms with Crippen molar-refractivity contribution >= 4 is 17.6 Å². The summed E-state index contributed by atoms with van der Waals surface area (Å²) in [6.07, 6.45) is -3.82. The standard InChI is InChI=1S/C16H12ClF4NO2/c1-7-12(10-5-2-8(17)6-11(10)18)13(15(23)24)22(9-3-4-9)14(7)16(19,20)21/h2,5-6,9H,3-4H2,1H3,(H,23,24). The molecule has 3 nitrogen and oxygen atoms in total. The molecule has 1 N–H and O–H groups in total. The number of rotatable bonds is 3. The summed E-state index contributed by atoms with van der Waals surface area (Å²) < 4.78 is 55.6. The molecular weight excluding hydrogens is 350 g/mol. The number of benzene rings is 1. The van der Waals surface area contributed by atoms with Crippen LogP contribution in [0.1, 0.15) is 40.6 Å². The molecule has 1 aromatic carbocycles. The van der Waals surface area contributed by atoms with Crippen LogP contribution in [0.3, 0.4) is 0 Å². The maximum absolute atomic E-state index is 14.2. The van der Waals surface area contributed by atoms with Gasteiger partial charge >= 0.3 is 12.1 Å². The monoisotopic (exact) mass is 361 g/mol. The number of carboxylic acids is 1. The minimum atomic E-state index is -4.74. The van der Waals surface area contributed by atoms with E-state index in [2.05, 4.69) is 0 Å². The molecule has 0 amide bonds. The molecule has 24 heavy (non-hydrogen) atoms. The SMILES string of the molecule is Cc1c(-c2ccc(Cl)cc2F)c(C(=O)O)n(C2CC2)c1C(F)(F)F. The molecule has 1 aromatic heterocycles. The van der Waals surface area contributed by atoms with Crippen LogP contribution in [-0.4, -0.2) is 15.6 Å². The van der Waals surface area contributed by atoms with Gasteiger partial charge in [-0.1, -0.05) is 11.6 Å². The van der Waals surface area contributed by atoms with Gasteiger partial charge in [0.1, 0.15) is 17.2 Å². The Morgan fingerprint density at radius 3 is 2.42 bits per heavy atom. The molecule has 2 aromatic rings. The van der Waals surface area contributed by atoms with E-state index in [0.717, 1.165) is 17.6 Å². The second-order valence-electron chi connectivity index (χ2n) is 5.73. The van der Waals surface area contributed by atoms with E-state index in [1.165, 1.54) is 12.1 Å². The summed E-state index contributed by atoms with van der Waals surface area (Å²) in [6.45, 7) is 1.16. The van der Waals surface area contributed by atoms with Crippen molar-refractivity contribution in [3.05, 3.63) is 46.0 Å². The smallest absolute Gasteiger partial charge is 0.431 e. The number of carboxylic acid groups (broad SMARTS) is 1. The van der Waals surface area contributed by atoms with Gasteiger partial charge in [-0.15, -0.1) is 0 Å². The summed E-state index contributed by atoms with van der Waals surface area (Å²) in [5.41, 5.74) is -2.33. The van der Waals surface area contributed by atoms with E-state index in [0.29, 0.717) is 12.8 Å². The number of aromatic carboxylic acids is 1. The van der Waals surface area contributed by atoms with E-state index >= 15 is 0 Å². The van der Waals surface area contributed by atoms with Gasteiger partial charge in [0.05, 0.1) is 0 Å². The molecule has 0 saturated heterocycles. The van der Waals surface area contributed by atoms with Crippen molar-refractivity contribution in [1.82, 2.24) is 4.57 Å². The number of hydrogen-bond acceptors (Lipinski definition) is 1. The van der Waals surface area contributed by atoms with Crippen molar-refractivity contribution in [2.75, 3.05) is 0 Å². The molecule has 1 aliphatic carbocycles. The lowest BCUT2D eigenvalue weighted by molar-refractivity contribution is -0.144. The van der Waals surface area contributed by atoms with Gasteiger partial charge in [-0.3, -0.25) is 0 Å². The molecule has 1 fully saturated rings. The van der Waals surface area contributed by atoms with Gasteiger partial charge in [0, 0.05) is 22.2 Å². The molecule has 128 valence electrons. The third kappa shape index (κ3) is 2.66. The van der Waals surface area contributed by atoms with E-state index in [9.17, 15) is 27.5 Å². The first-order valence-electron chi connectivity index (χ1n) is 7.13. The molecule has 0 spiro atoms. The normalized spacial score (nSPS) is 14.9. The predicted molar refractivity (Wildman–Crippen MR) is 79.8 cm³/mol. The van der Waals surface area contributed by atoms with Crippen LogP contribution >= 0.6 is 11.6 Å². The van der Waals surface area contributed by atoms with Gasteiger partial charge in [0.25, 0.3) is 0 Å². The lowest BCUT2D eigenvalue weighted by Crippen LogP contribution is -2.17. The topological polar surface area (TPSA) is 42.2 Å².